The Morgan fingerprint density at radius 2 is 1.73 bits per heavy atom. The molecule has 22 heavy (non-hydrogen) atoms. The first kappa shape index (κ1) is 12.9. The minimum atomic E-state index is -0.353. The average Bonchev–Trinajstić information content (AvgIpc) is 3.08. The average molecular weight is 311 g/mol. The molecule has 3 aromatic rings. The molecule has 0 unspecified atom stereocenters. The largest absolute Gasteiger partial charge is 0.269 e. The number of benzene rings is 1. The van der Waals surface area contributed by atoms with Crippen LogP contribution in [0.25, 0.3) is 4.96 Å². The molecule has 0 atom stereocenters. The van der Waals surface area contributed by atoms with Gasteiger partial charge in [-0.1, -0.05) is 12.1 Å². The number of carbonyl (C=O) groups excluding carboxylic acids is 2. The zero-order chi connectivity index (χ0) is 15.3. The van der Waals surface area contributed by atoms with Gasteiger partial charge < -0.3 is 0 Å². The van der Waals surface area contributed by atoms with E-state index in [2.05, 4.69) is 4.98 Å². The van der Waals surface area contributed by atoms with Crippen molar-refractivity contribution in [2.24, 2.45) is 0 Å². The Bertz CT molecular complexity index is 954. The number of amides is 2. The van der Waals surface area contributed by atoms with Crippen LogP contribution in [0.3, 0.4) is 0 Å². The number of fused-ring (bicyclic) bond motifs is 2. The van der Waals surface area contributed by atoms with Crippen LogP contribution in [-0.4, -0.2) is 26.1 Å². The van der Waals surface area contributed by atoms with Gasteiger partial charge >= 0.3 is 0 Å². The molecule has 0 fully saturated rings. The normalized spacial score (nSPS) is 13.9. The number of thiazole rings is 1. The fourth-order valence-corrected chi connectivity index (χ4v) is 3.25. The van der Waals surface area contributed by atoms with Gasteiger partial charge in [0.2, 0.25) is 0 Å². The third-order valence-corrected chi connectivity index (χ3v) is 4.31. The minimum absolute atomic E-state index is 0.00398. The lowest BCUT2D eigenvalue weighted by Crippen LogP contribution is -2.30. The van der Waals surface area contributed by atoms with Crippen molar-refractivity contribution in [3.63, 3.8) is 0 Å². The van der Waals surface area contributed by atoms with Crippen LogP contribution >= 0.6 is 11.3 Å². The highest BCUT2D eigenvalue weighted by molar-refractivity contribution is 7.15. The van der Waals surface area contributed by atoms with Gasteiger partial charge in [0.15, 0.2) is 4.96 Å². The summed E-state index contributed by atoms with van der Waals surface area (Å²) in [4.78, 5) is 42.6. The van der Waals surface area contributed by atoms with E-state index in [0.29, 0.717) is 21.8 Å². The molecule has 0 bridgehead atoms. The Hall–Kier alpha value is -2.80. The standard InChI is InChI=1S/C15H9N3O3S/c19-12-7-9(16-15-17(12)5-6-22-15)8-18-13(20)10-3-1-2-4-11(10)14(18)21/h1-7H,8H2. The fraction of sp³-hybridized carbons (Fsp3) is 0.0667. The number of hydrogen-bond donors (Lipinski definition) is 0. The van der Waals surface area contributed by atoms with Crippen molar-refractivity contribution in [2.45, 2.75) is 6.54 Å². The molecule has 0 N–H and O–H groups in total. The van der Waals surface area contributed by atoms with E-state index in [1.807, 2.05) is 0 Å². The maximum Gasteiger partial charge on any atom is 0.261 e. The van der Waals surface area contributed by atoms with Crippen LogP contribution in [0.4, 0.5) is 0 Å². The molecule has 4 rings (SSSR count). The molecule has 0 spiro atoms. The zero-order valence-corrected chi connectivity index (χ0v) is 12.0. The van der Waals surface area contributed by atoms with E-state index in [1.165, 1.54) is 21.8 Å². The zero-order valence-electron chi connectivity index (χ0n) is 11.2. The van der Waals surface area contributed by atoms with Crippen LogP contribution in [-0.2, 0) is 6.54 Å². The molecule has 0 saturated heterocycles. The van der Waals surface area contributed by atoms with Crippen molar-refractivity contribution >= 4 is 28.1 Å². The monoisotopic (exact) mass is 311 g/mol. The number of rotatable bonds is 2. The van der Waals surface area contributed by atoms with Gasteiger partial charge in [0.25, 0.3) is 17.4 Å². The molecular weight excluding hydrogens is 302 g/mol. The van der Waals surface area contributed by atoms with Crippen molar-refractivity contribution in [3.05, 3.63) is 69.1 Å². The summed E-state index contributed by atoms with van der Waals surface area (Å²) in [7, 11) is 0. The van der Waals surface area contributed by atoms with Gasteiger partial charge in [0.05, 0.1) is 23.4 Å². The fourth-order valence-electron chi connectivity index (χ4n) is 2.51. The molecule has 0 aliphatic carbocycles. The van der Waals surface area contributed by atoms with Crippen LogP contribution in [0.5, 0.6) is 0 Å². The van der Waals surface area contributed by atoms with E-state index >= 15 is 0 Å². The lowest BCUT2D eigenvalue weighted by molar-refractivity contribution is 0.0640. The molecule has 0 saturated carbocycles. The van der Waals surface area contributed by atoms with Crippen LogP contribution in [0.2, 0.25) is 0 Å². The Morgan fingerprint density at radius 1 is 1.05 bits per heavy atom. The molecule has 108 valence electrons. The summed E-state index contributed by atoms with van der Waals surface area (Å²) in [6, 6.07) is 8.04. The minimum Gasteiger partial charge on any atom is -0.269 e. The number of nitrogens with zero attached hydrogens (tertiary/aromatic N) is 3. The van der Waals surface area contributed by atoms with E-state index in [-0.39, 0.29) is 23.9 Å². The molecule has 1 aliphatic rings. The number of imide groups is 1. The first-order valence-electron chi connectivity index (χ1n) is 6.56. The van der Waals surface area contributed by atoms with E-state index in [1.54, 1.807) is 35.8 Å². The Morgan fingerprint density at radius 3 is 2.41 bits per heavy atom. The Kier molecular flexibility index (Phi) is 2.70. The second-order valence-electron chi connectivity index (χ2n) is 4.88. The Labute approximate surface area is 128 Å². The molecule has 1 aromatic carbocycles. The Balaban J connectivity index is 1.73. The lowest BCUT2D eigenvalue weighted by Gasteiger charge is -2.12. The maximum atomic E-state index is 12.3. The van der Waals surface area contributed by atoms with E-state index in [4.69, 9.17) is 0 Å². The summed E-state index contributed by atoms with van der Waals surface area (Å²) >= 11 is 1.33. The van der Waals surface area contributed by atoms with Gasteiger partial charge in [-0.15, -0.1) is 11.3 Å². The van der Waals surface area contributed by atoms with E-state index in [0.717, 1.165) is 4.90 Å². The third kappa shape index (κ3) is 1.79. The summed E-state index contributed by atoms with van der Waals surface area (Å²) < 4.78 is 1.43. The summed E-state index contributed by atoms with van der Waals surface area (Å²) in [5, 5.41) is 1.76. The SMILES string of the molecule is O=C1c2ccccc2C(=O)N1Cc1cc(=O)n2ccsc2n1. The van der Waals surface area contributed by atoms with Gasteiger partial charge in [0, 0.05) is 17.6 Å². The van der Waals surface area contributed by atoms with Gasteiger partial charge in [-0.25, -0.2) is 4.98 Å². The molecule has 2 amide bonds. The van der Waals surface area contributed by atoms with E-state index < -0.39 is 0 Å². The first-order valence-corrected chi connectivity index (χ1v) is 7.44. The van der Waals surface area contributed by atoms with Crippen molar-refractivity contribution in [3.8, 4) is 0 Å². The first-order chi connectivity index (χ1) is 10.6. The van der Waals surface area contributed by atoms with Gasteiger partial charge in [0.1, 0.15) is 0 Å². The predicted molar refractivity (Wildman–Crippen MR) is 80.0 cm³/mol. The highest BCUT2D eigenvalue weighted by Gasteiger charge is 2.35. The van der Waals surface area contributed by atoms with Crippen LogP contribution in [0, 0.1) is 0 Å². The van der Waals surface area contributed by atoms with Crippen molar-refractivity contribution < 1.29 is 9.59 Å². The summed E-state index contributed by atoms with van der Waals surface area (Å²) in [5.74, 6) is -0.706. The summed E-state index contributed by atoms with van der Waals surface area (Å²) in [6.45, 7) is -0.00398. The quantitative estimate of drug-likeness (QED) is 0.673. The van der Waals surface area contributed by atoms with Crippen molar-refractivity contribution in [2.75, 3.05) is 0 Å². The molecular formula is C15H9N3O3S. The second-order valence-corrected chi connectivity index (χ2v) is 5.76. The molecule has 7 heteroatoms. The lowest BCUT2D eigenvalue weighted by atomic mass is 10.1. The highest BCUT2D eigenvalue weighted by Crippen LogP contribution is 2.23. The van der Waals surface area contributed by atoms with Gasteiger partial charge in [-0.2, -0.15) is 0 Å². The maximum absolute atomic E-state index is 12.3. The summed E-state index contributed by atoms with van der Waals surface area (Å²) in [5.41, 5.74) is 0.961. The molecule has 1 aliphatic heterocycles. The molecule has 2 aromatic heterocycles. The molecule has 0 radical (unpaired) electrons. The van der Waals surface area contributed by atoms with E-state index in [9.17, 15) is 14.4 Å². The second kappa shape index (κ2) is 4.60. The van der Waals surface area contributed by atoms with Gasteiger partial charge in [-0.3, -0.25) is 23.7 Å². The number of carbonyl (C=O) groups is 2. The third-order valence-electron chi connectivity index (χ3n) is 3.55. The smallest absolute Gasteiger partial charge is 0.261 e. The van der Waals surface area contributed by atoms with Crippen LogP contribution in [0.15, 0.2) is 46.7 Å². The van der Waals surface area contributed by atoms with Crippen molar-refractivity contribution in [1.82, 2.24) is 14.3 Å². The van der Waals surface area contributed by atoms with Crippen LogP contribution in [0.1, 0.15) is 26.4 Å². The predicted octanol–water partition coefficient (Wildman–Crippen LogP) is 1.55. The van der Waals surface area contributed by atoms with Gasteiger partial charge in [-0.05, 0) is 12.1 Å². The van der Waals surface area contributed by atoms with Crippen LogP contribution < -0.4 is 5.56 Å². The number of hydrogen-bond acceptors (Lipinski definition) is 5. The van der Waals surface area contributed by atoms with Crippen molar-refractivity contribution in [1.29, 1.82) is 0 Å². The molecule has 3 heterocycles. The topological polar surface area (TPSA) is 71.8 Å². The molecule has 6 nitrogen and oxygen atoms in total. The number of aromatic nitrogens is 2. The summed E-state index contributed by atoms with van der Waals surface area (Å²) in [6.07, 6.45) is 1.64. The highest BCUT2D eigenvalue weighted by atomic mass is 32.1.